The Morgan fingerprint density at radius 2 is 1.86 bits per heavy atom. The molecule has 0 spiro atoms. The summed E-state index contributed by atoms with van der Waals surface area (Å²) in [6.45, 7) is 2.33. The van der Waals surface area contributed by atoms with Gasteiger partial charge in [0.25, 0.3) is 0 Å². The van der Waals surface area contributed by atoms with Gasteiger partial charge in [-0.1, -0.05) is 30.3 Å². The van der Waals surface area contributed by atoms with Gasteiger partial charge in [0, 0.05) is 44.5 Å². The van der Waals surface area contributed by atoms with Crippen molar-refractivity contribution in [2.24, 2.45) is 4.99 Å². The zero-order valence-corrected chi connectivity index (χ0v) is 18.3. The lowest BCUT2D eigenvalue weighted by Gasteiger charge is -2.39. The van der Waals surface area contributed by atoms with Crippen LogP contribution in [0.5, 0.6) is 0 Å². The summed E-state index contributed by atoms with van der Waals surface area (Å²) in [5.41, 5.74) is 1.39. The van der Waals surface area contributed by atoms with Crippen LogP contribution in [-0.2, 0) is 21.1 Å². The Hall–Kier alpha value is -1.64. The lowest BCUT2D eigenvalue weighted by Crippen LogP contribution is -2.52. The summed E-state index contributed by atoms with van der Waals surface area (Å²) < 4.78 is 27.6. The van der Waals surface area contributed by atoms with E-state index in [0.717, 1.165) is 25.3 Å². The van der Waals surface area contributed by atoms with E-state index < -0.39 is 9.84 Å². The SMILES string of the molecule is CN=C(NCCOCCS(C)(=O)=O)NC1CC2CCC(C1)N2Cc1ccccc1. The molecule has 8 heteroatoms. The van der Waals surface area contributed by atoms with Crippen LogP contribution in [0.1, 0.15) is 31.2 Å². The van der Waals surface area contributed by atoms with Crippen LogP contribution in [0.4, 0.5) is 0 Å². The summed E-state index contributed by atoms with van der Waals surface area (Å²) in [4.78, 5) is 7.01. The quantitative estimate of drug-likeness (QED) is 0.356. The zero-order valence-electron chi connectivity index (χ0n) is 17.5. The van der Waals surface area contributed by atoms with Crippen molar-refractivity contribution in [2.75, 3.05) is 38.8 Å². The lowest BCUT2D eigenvalue weighted by atomic mass is 9.96. The number of rotatable bonds is 9. The Labute approximate surface area is 174 Å². The van der Waals surface area contributed by atoms with Crippen molar-refractivity contribution >= 4 is 15.8 Å². The van der Waals surface area contributed by atoms with E-state index in [-0.39, 0.29) is 12.4 Å². The van der Waals surface area contributed by atoms with E-state index in [0.29, 0.717) is 31.3 Å². The van der Waals surface area contributed by atoms with Crippen LogP contribution in [0.15, 0.2) is 35.3 Å². The molecule has 0 aromatic heterocycles. The molecular formula is C21H34N4O3S. The van der Waals surface area contributed by atoms with Gasteiger partial charge in [0.05, 0.1) is 19.0 Å². The summed E-state index contributed by atoms with van der Waals surface area (Å²) in [6, 6.07) is 12.4. The van der Waals surface area contributed by atoms with Crippen molar-refractivity contribution in [3.8, 4) is 0 Å². The van der Waals surface area contributed by atoms with Crippen LogP contribution in [0.2, 0.25) is 0 Å². The van der Waals surface area contributed by atoms with E-state index >= 15 is 0 Å². The molecule has 1 aromatic carbocycles. The molecular weight excluding hydrogens is 388 g/mol. The van der Waals surface area contributed by atoms with Crippen molar-refractivity contribution in [1.82, 2.24) is 15.5 Å². The largest absolute Gasteiger partial charge is 0.379 e. The van der Waals surface area contributed by atoms with Crippen molar-refractivity contribution in [2.45, 2.75) is 50.4 Å². The number of hydrogen-bond acceptors (Lipinski definition) is 5. The molecule has 2 saturated heterocycles. The molecule has 0 amide bonds. The van der Waals surface area contributed by atoms with Crippen LogP contribution in [0.3, 0.4) is 0 Å². The third kappa shape index (κ3) is 6.97. The third-order valence-electron chi connectivity index (χ3n) is 5.79. The predicted octanol–water partition coefficient (Wildman–Crippen LogP) is 1.41. The first-order valence-corrected chi connectivity index (χ1v) is 12.5. The molecule has 2 unspecified atom stereocenters. The zero-order chi connectivity index (χ0) is 20.7. The minimum atomic E-state index is -2.97. The number of guanidine groups is 1. The second-order valence-electron chi connectivity index (χ2n) is 8.10. The number of hydrogen-bond donors (Lipinski definition) is 2. The first-order valence-electron chi connectivity index (χ1n) is 10.5. The number of aliphatic imine (C=N–C) groups is 1. The van der Waals surface area contributed by atoms with E-state index in [1.165, 1.54) is 24.7 Å². The van der Waals surface area contributed by atoms with E-state index in [1.807, 2.05) is 0 Å². The van der Waals surface area contributed by atoms with Gasteiger partial charge < -0.3 is 15.4 Å². The number of benzene rings is 1. The highest BCUT2D eigenvalue weighted by Gasteiger charge is 2.40. The summed E-state index contributed by atoms with van der Waals surface area (Å²) in [5.74, 6) is 0.849. The number of ether oxygens (including phenoxy) is 1. The molecule has 3 rings (SSSR count). The molecule has 2 heterocycles. The van der Waals surface area contributed by atoms with Gasteiger partial charge in [-0.3, -0.25) is 9.89 Å². The predicted molar refractivity (Wildman–Crippen MR) is 117 cm³/mol. The smallest absolute Gasteiger partial charge is 0.191 e. The van der Waals surface area contributed by atoms with Gasteiger partial charge in [-0.2, -0.15) is 0 Å². The van der Waals surface area contributed by atoms with Crippen molar-refractivity contribution < 1.29 is 13.2 Å². The Morgan fingerprint density at radius 1 is 1.17 bits per heavy atom. The third-order valence-corrected chi connectivity index (χ3v) is 6.70. The monoisotopic (exact) mass is 422 g/mol. The highest BCUT2D eigenvalue weighted by Crippen LogP contribution is 2.36. The number of piperidine rings is 1. The molecule has 2 aliphatic rings. The molecule has 2 bridgehead atoms. The van der Waals surface area contributed by atoms with Crippen LogP contribution < -0.4 is 10.6 Å². The maximum atomic E-state index is 11.1. The van der Waals surface area contributed by atoms with Crippen molar-refractivity contribution in [3.05, 3.63) is 35.9 Å². The summed E-state index contributed by atoms with van der Waals surface area (Å²) >= 11 is 0. The van der Waals surface area contributed by atoms with E-state index in [1.54, 1.807) is 7.05 Å². The molecule has 2 atom stereocenters. The van der Waals surface area contributed by atoms with Gasteiger partial charge in [-0.15, -0.1) is 0 Å². The maximum Gasteiger partial charge on any atom is 0.191 e. The topological polar surface area (TPSA) is 83.0 Å². The Kier molecular flexibility index (Phi) is 7.91. The maximum absolute atomic E-state index is 11.1. The van der Waals surface area contributed by atoms with Gasteiger partial charge in [0.1, 0.15) is 9.84 Å². The normalized spacial score (nSPS) is 25.2. The Balaban J connectivity index is 1.39. The second kappa shape index (κ2) is 10.4. The van der Waals surface area contributed by atoms with Gasteiger partial charge >= 0.3 is 0 Å². The molecule has 0 aliphatic carbocycles. The fraction of sp³-hybridized carbons (Fsp3) is 0.667. The minimum Gasteiger partial charge on any atom is -0.379 e. The van der Waals surface area contributed by atoms with E-state index in [2.05, 4.69) is 50.9 Å². The highest BCUT2D eigenvalue weighted by molar-refractivity contribution is 7.90. The molecule has 29 heavy (non-hydrogen) atoms. The van der Waals surface area contributed by atoms with Crippen molar-refractivity contribution in [1.29, 1.82) is 0 Å². The van der Waals surface area contributed by atoms with Crippen LogP contribution in [0, 0.1) is 0 Å². The number of nitrogens with one attached hydrogen (secondary N) is 2. The van der Waals surface area contributed by atoms with Gasteiger partial charge in [0.15, 0.2) is 5.96 Å². The first-order chi connectivity index (χ1) is 13.9. The average Bonchev–Trinajstić information content (AvgIpc) is 2.92. The number of sulfone groups is 1. The molecule has 2 N–H and O–H groups in total. The fourth-order valence-electron chi connectivity index (χ4n) is 4.39. The Morgan fingerprint density at radius 3 is 2.48 bits per heavy atom. The molecule has 2 aliphatic heterocycles. The van der Waals surface area contributed by atoms with Gasteiger partial charge in [-0.05, 0) is 31.2 Å². The standard InChI is InChI=1S/C21H34N4O3S/c1-22-21(23-10-11-28-12-13-29(2,26)27)24-18-14-19-8-9-20(15-18)25(19)16-17-6-4-3-5-7-17/h3-7,18-20H,8-16H2,1-2H3,(H2,22,23,24). The molecule has 0 radical (unpaired) electrons. The molecule has 7 nitrogen and oxygen atoms in total. The van der Waals surface area contributed by atoms with Gasteiger partial charge in [-0.25, -0.2) is 8.42 Å². The average molecular weight is 423 g/mol. The molecule has 0 saturated carbocycles. The number of nitrogens with zero attached hydrogens (tertiary/aromatic N) is 2. The van der Waals surface area contributed by atoms with E-state index in [4.69, 9.17) is 4.74 Å². The van der Waals surface area contributed by atoms with Gasteiger partial charge in [0.2, 0.25) is 0 Å². The fourth-order valence-corrected chi connectivity index (χ4v) is 4.81. The molecule has 162 valence electrons. The molecule has 1 aromatic rings. The summed E-state index contributed by atoms with van der Waals surface area (Å²) in [7, 11) is -1.19. The summed E-state index contributed by atoms with van der Waals surface area (Å²) in [6.07, 6.45) is 6.04. The second-order valence-corrected chi connectivity index (χ2v) is 10.4. The molecule has 2 fully saturated rings. The van der Waals surface area contributed by atoms with Crippen LogP contribution in [-0.4, -0.2) is 76.2 Å². The van der Waals surface area contributed by atoms with E-state index in [9.17, 15) is 8.42 Å². The number of fused-ring (bicyclic) bond motifs is 2. The minimum absolute atomic E-state index is 0.0598. The van der Waals surface area contributed by atoms with Crippen molar-refractivity contribution in [3.63, 3.8) is 0 Å². The first kappa shape index (κ1) is 22.1. The van der Waals surface area contributed by atoms with Crippen LogP contribution >= 0.6 is 0 Å². The summed E-state index contributed by atoms with van der Waals surface area (Å²) in [5, 5.41) is 6.83. The lowest BCUT2D eigenvalue weighted by molar-refractivity contribution is 0.114. The van der Waals surface area contributed by atoms with Crippen LogP contribution in [0.25, 0.3) is 0 Å². The highest BCUT2D eigenvalue weighted by atomic mass is 32.2. The Bertz CT molecular complexity index is 755.